The Balaban J connectivity index is 2.83. The third kappa shape index (κ3) is 4.26. The van der Waals surface area contributed by atoms with E-state index in [0.29, 0.717) is 17.9 Å². The molecule has 0 fully saturated rings. The van der Waals surface area contributed by atoms with E-state index >= 15 is 0 Å². The van der Waals surface area contributed by atoms with Crippen LogP contribution in [0.15, 0.2) is 18.2 Å². The van der Waals surface area contributed by atoms with Gasteiger partial charge in [-0.15, -0.1) is 0 Å². The van der Waals surface area contributed by atoms with E-state index in [9.17, 15) is 9.59 Å². The van der Waals surface area contributed by atoms with Gasteiger partial charge in [-0.05, 0) is 31.0 Å². The van der Waals surface area contributed by atoms with Gasteiger partial charge in [0.15, 0.2) is 0 Å². The lowest BCUT2D eigenvalue weighted by Gasteiger charge is -2.11. The predicted octanol–water partition coefficient (Wildman–Crippen LogP) is 0.732. The van der Waals surface area contributed by atoms with Crippen molar-refractivity contribution in [2.75, 3.05) is 25.6 Å². The van der Waals surface area contributed by atoms with Crippen molar-refractivity contribution in [3.8, 4) is 5.75 Å². The third-order valence-corrected chi connectivity index (χ3v) is 2.38. The molecule has 2 N–H and O–H groups in total. The highest BCUT2D eigenvalue weighted by Gasteiger charge is 2.16. The molecule has 0 bridgehead atoms. The molecule has 0 radical (unpaired) electrons. The van der Waals surface area contributed by atoms with Crippen molar-refractivity contribution >= 4 is 17.6 Å². The lowest BCUT2D eigenvalue weighted by Crippen LogP contribution is -2.25. The van der Waals surface area contributed by atoms with E-state index in [0.717, 1.165) is 5.56 Å². The Hall–Kier alpha value is -2.08. The summed E-state index contributed by atoms with van der Waals surface area (Å²) in [5.41, 5.74) is 1.25. The number of ether oxygens (including phenoxy) is 2. The van der Waals surface area contributed by atoms with Crippen LogP contribution < -0.4 is 10.1 Å². The Kier molecular flexibility index (Phi) is 5.81. The van der Waals surface area contributed by atoms with Crippen molar-refractivity contribution < 1.29 is 24.2 Å². The van der Waals surface area contributed by atoms with Crippen LogP contribution in [0.25, 0.3) is 0 Å². The molecule has 0 atom stereocenters. The summed E-state index contributed by atoms with van der Waals surface area (Å²) in [6, 6.07) is 5.04. The molecule has 1 aromatic carbocycles. The largest absolute Gasteiger partial charge is 0.495 e. The van der Waals surface area contributed by atoms with Crippen molar-refractivity contribution in [2.24, 2.45) is 0 Å². The summed E-state index contributed by atoms with van der Waals surface area (Å²) in [6.07, 6.45) is 0.489. The van der Waals surface area contributed by atoms with Gasteiger partial charge in [-0.1, -0.05) is 6.07 Å². The summed E-state index contributed by atoms with van der Waals surface area (Å²) < 4.78 is 9.71. The summed E-state index contributed by atoms with van der Waals surface area (Å²) in [7, 11) is 1.46. The second-order valence-electron chi connectivity index (χ2n) is 3.68. The van der Waals surface area contributed by atoms with Crippen molar-refractivity contribution in [3.63, 3.8) is 0 Å². The predicted molar refractivity (Wildman–Crippen MR) is 69.0 cm³/mol. The first-order valence-corrected chi connectivity index (χ1v) is 5.88. The maximum absolute atomic E-state index is 11.5. The minimum absolute atomic E-state index is 0.0255. The number of carbonyl (C=O) groups is 2. The van der Waals surface area contributed by atoms with E-state index in [1.807, 2.05) is 0 Å². The van der Waals surface area contributed by atoms with Gasteiger partial charge in [-0.3, -0.25) is 4.79 Å². The Labute approximate surface area is 111 Å². The minimum atomic E-state index is -0.941. The Morgan fingerprint density at radius 1 is 1.37 bits per heavy atom. The quantitative estimate of drug-likeness (QED) is 0.607. The van der Waals surface area contributed by atoms with Crippen LogP contribution in [-0.4, -0.2) is 37.3 Å². The standard InChI is InChI=1S/C13H17NO5/c1-3-19-13(17)12(16)14-10-5-4-9(6-7-15)8-11(10)18-2/h4-5,8,15H,3,6-7H2,1-2H3,(H,14,16). The highest BCUT2D eigenvalue weighted by atomic mass is 16.5. The first kappa shape index (κ1) is 15.0. The Bertz CT molecular complexity index is 458. The van der Waals surface area contributed by atoms with Gasteiger partial charge in [0.05, 0.1) is 19.4 Å². The molecule has 104 valence electrons. The number of anilines is 1. The van der Waals surface area contributed by atoms with Crippen LogP contribution in [0.4, 0.5) is 5.69 Å². The third-order valence-electron chi connectivity index (χ3n) is 2.38. The van der Waals surface area contributed by atoms with Crippen molar-refractivity contribution in [1.82, 2.24) is 0 Å². The molecule has 1 rings (SSSR count). The first-order chi connectivity index (χ1) is 9.12. The molecular formula is C13H17NO5. The van der Waals surface area contributed by atoms with Gasteiger partial charge in [-0.25, -0.2) is 4.79 Å². The molecule has 0 heterocycles. The van der Waals surface area contributed by atoms with E-state index in [1.54, 1.807) is 25.1 Å². The molecule has 1 amide bonds. The summed E-state index contributed by atoms with van der Waals surface area (Å²) in [6.45, 7) is 1.78. The van der Waals surface area contributed by atoms with Crippen LogP contribution >= 0.6 is 0 Å². The number of nitrogens with one attached hydrogen (secondary N) is 1. The second-order valence-corrected chi connectivity index (χ2v) is 3.68. The summed E-state index contributed by atoms with van der Waals surface area (Å²) >= 11 is 0. The highest BCUT2D eigenvalue weighted by Crippen LogP contribution is 2.25. The maximum Gasteiger partial charge on any atom is 0.397 e. The number of carbonyl (C=O) groups excluding carboxylic acids is 2. The molecule has 6 heteroatoms. The normalized spacial score (nSPS) is 9.84. The van der Waals surface area contributed by atoms with Gasteiger partial charge < -0.3 is 19.9 Å². The lowest BCUT2D eigenvalue weighted by atomic mass is 10.1. The molecule has 0 aliphatic heterocycles. The Morgan fingerprint density at radius 3 is 2.68 bits per heavy atom. The number of aliphatic hydroxyl groups is 1. The number of methoxy groups -OCH3 is 1. The number of esters is 1. The molecule has 19 heavy (non-hydrogen) atoms. The van der Waals surface area contributed by atoms with Crippen LogP contribution in [0.2, 0.25) is 0 Å². The van der Waals surface area contributed by atoms with E-state index < -0.39 is 11.9 Å². The smallest absolute Gasteiger partial charge is 0.397 e. The van der Waals surface area contributed by atoms with E-state index in [1.165, 1.54) is 7.11 Å². The van der Waals surface area contributed by atoms with Gasteiger partial charge >= 0.3 is 11.9 Å². The molecule has 0 saturated heterocycles. The fraction of sp³-hybridized carbons (Fsp3) is 0.385. The lowest BCUT2D eigenvalue weighted by molar-refractivity contribution is -0.152. The average Bonchev–Trinajstić information content (AvgIpc) is 2.41. The highest BCUT2D eigenvalue weighted by molar-refractivity contribution is 6.37. The number of hydrogen-bond acceptors (Lipinski definition) is 5. The zero-order chi connectivity index (χ0) is 14.3. The van der Waals surface area contributed by atoms with Gasteiger partial charge in [0.25, 0.3) is 0 Å². The van der Waals surface area contributed by atoms with E-state index in [2.05, 4.69) is 10.1 Å². The number of aliphatic hydroxyl groups excluding tert-OH is 1. The van der Waals surface area contributed by atoms with Gasteiger partial charge in [-0.2, -0.15) is 0 Å². The molecule has 0 saturated carbocycles. The number of benzene rings is 1. The van der Waals surface area contributed by atoms with Crippen LogP contribution in [0.5, 0.6) is 5.75 Å². The molecule has 0 spiro atoms. The Morgan fingerprint density at radius 2 is 2.11 bits per heavy atom. The zero-order valence-electron chi connectivity index (χ0n) is 10.9. The first-order valence-electron chi connectivity index (χ1n) is 5.88. The van der Waals surface area contributed by atoms with Crippen molar-refractivity contribution in [1.29, 1.82) is 0 Å². The molecule has 0 aliphatic carbocycles. The molecule has 0 unspecified atom stereocenters. The fourth-order valence-corrected chi connectivity index (χ4v) is 1.49. The summed E-state index contributed by atoms with van der Waals surface area (Å²) in [5, 5.41) is 11.3. The van der Waals surface area contributed by atoms with Crippen LogP contribution in [-0.2, 0) is 20.7 Å². The van der Waals surface area contributed by atoms with Gasteiger partial charge in [0.2, 0.25) is 0 Å². The SMILES string of the molecule is CCOC(=O)C(=O)Nc1ccc(CCO)cc1OC. The summed E-state index contributed by atoms with van der Waals surface area (Å²) in [4.78, 5) is 22.7. The molecule has 0 aliphatic rings. The van der Waals surface area contributed by atoms with Crippen molar-refractivity contribution in [3.05, 3.63) is 23.8 Å². The zero-order valence-corrected chi connectivity index (χ0v) is 10.9. The van der Waals surface area contributed by atoms with Crippen molar-refractivity contribution in [2.45, 2.75) is 13.3 Å². The number of rotatable bonds is 5. The van der Waals surface area contributed by atoms with Gasteiger partial charge in [0.1, 0.15) is 5.75 Å². The molecular weight excluding hydrogens is 250 g/mol. The average molecular weight is 267 g/mol. The van der Waals surface area contributed by atoms with Gasteiger partial charge in [0, 0.05) is 6.61 Å². The maximum atomic E-state index is 11.5. The summed E-state index contributed by atoms with van der Waals surface area (Å²) in [5.74, 6) is -1.37. The molecule has 1 aromatic rings. The second kappa shape index (κ2) is 7.38. The topological polar surface area (TPSA) is 84.9 Å². The van der Waals surface area contributed by atoms with Crippen LogP contribution in [0.1, 0.15) is 12.5 Å². The van der Waals surface area contributed by atoms with E-state index in [4.69, 9.17) is 9.84 Å². The fourth-order valence-electron chi connectivity index (χ4n) is 1.49. The monoisotopic (exact) mass is 267 g/mol. The number of amides is 1. The molecule has 6 nitrogen and oxygen atoms in total. The van der Waals surface area contributed by atoms with Crippen LogP contribution in [0, 0.1) is 0 Å². The van der Waals surface area contributed by atoms with Crippen LogP contribution in [0.3, 0.4) is 0 Å². The molecule has 0 aromatic heterocycles. The van der Waals surface area contributed by atoms with E-state index in [-0.39, 0.29) is 13.2 Å². The minimum Gasteiger partial charge on any atom is -0.495 e. The number of hydrogen-bond donors (Lipinski definition) is 2.